The summed E-state index contributed by atoms with van der Waals surface area (Å²) in [6, 6.07) is 9.25. The van der Waals surface area contributed by atoms with Crippen LogP contribution in [0.15, 0.2) is 30.3 Å². The van der Waals surface area contributed by atoms with Crippen LogP contribution < -0.4 is 5.32 Å². The number of hydrogen-bond acceptors (Lipinski definition) is 3. The first-order valence-corrected chi connectivity index (χ1v) is 9.24. The Morgan fingerprint density at radius 2 is 1.81 bits per heavy atom. The van der Waals surface area contributed by atoms with Gasteiger partial charge in [-0.15, -0.1) is 0 Å². The van der Waals surface area contributed by atoms with Crippen molar-refractivity contribution < 1.29 is 4.79 Å². The highest BCUT2D eigenvalue weighted by Gasteiger charge is 2.18. The minimum absolute atomic E-state index is 0.0277. The summed E-state index contributed by atoms with van der Waals surface area (Å²) in [5, 5.41) is 12.5. The quantitative estimate of drug-likeness (QED) is 0.731. The monoisotopic (exact) mass is 385 g/mol. The summed E-state index contributed by atoms with van der Waals surface area (Å²) in [6.45, 7) is 6.03. The fourth-order valence-electron chi connectivity index (χ4n) is 3.24. The number of aromatic nitrogens is 4. The highest BCUT2D eigenvalue weighted by molar-refractivity contribution is 6.30. The van der Waals surface area contributed by atoms with Crippen molar-refractivity contribution in [1.82, 2.24) is 24.9 Å². The first-order valence-electron chi connectivity index (χ1n) is 8.86. The summed E-state index contributed by atoms with van der Waals surface area (Å²) in [7, 11) is 3.76. The molecule has 6 nitrogen and oxygen atoms in total. The topological polar surface area (TPSA) is 64.7 Å². The van der Waals surface area contributed by atoms with Crippen molar-refractivity contribution in [2.45, 2.75) is 33.2 Å². The molecule has 27 heavy (non-hydrogen) atoms. The molecule has 1 amide bonds. The minimum Gasteiger partial charge on any atom is -0.348 e. The third-order valence-corrected chi connectivity index (χ3v) is 5.05. The lowest BCUT2D eigenvalue weighted by atomic mass is 10.1. The maximum absolute atomic E-state index is 12.6. The second-order valence-electron chi connectivity index (χ2n) is 6.90. The Balaban J connectivity index is 1.72. The van der Waals surface area contributed by atoms with Gasteiger partial charge in [0.15, 0.2) is 5.69 Å². The molecule has 0 aliphatic heterocycles. The fraction of sp³-hybridized carbons (Fsp3) is 0.350. The predicted octanol–water partition coefficient (Wildman–Crippen LogP) is 3.45. The molecule has 0 aliphatic carbocycles. The zero-order chi connectivity index (χ0) is 19.7. The van der Waals surface area contributed by atoms with Crippen molar-refractivity contribution in [2.75, 3.05) is 0 Å². The van der Waals surface area contributed by atoms with Gasteiger partial charge in [-0.25, -0.2) is 0 Å². The molecule has 3 aromatic rings. The van der Waals surface area contributed by atoms with E-state index in [1.807, 2.05) is 63.8 Å². The van der Waals surface area contributed by atoms with Crippen molar-refractivity contribution in [2.24, 2.45) is 14.1 Å². The maximum Gasteiger partial charge on any atom is 0.272 e. The van der Waals surface area contributed by atoms with E-state index in [2.05, 4.69) is 15.5 Å². The van der Waals surface area contributed by atoms with E-state index in [4.69, 9.17) is 11.6 Å². The van der Waals surface area contributed by atoms with E-state index in [-0.39, 0.29) is 11.9 Å². The van der Waals surface area contributed by atoms with Gasteiger partial charge in [0.2, 0.25) is 0 Å². The highest BCUT2D eigenvalue weighted by Crippen LogP contribution is 2.22. The minimum atomic E-state index is -0.183. The molecule has 142 valence electrons. The van der Waals surface area contributed by atoms with E-state index in [0.717, 1.165) is 29.1 Å². The van der Waals surface area contributed by atoms with Gasteiger partial charge < -0.3 is 5.32 Å². The summed E-state index contributed by atoms with van der Waals surface area (Å²) >= 11 is 5.95. The molecule has 0 saturated heterocycles. The molecule has 1 aromatic carbocycles. The molecule has 0 spiro atoms. The number of carbonyl (C=O) groups excluding carboxylic acids is 1. The maximum atomic E-state index is 12.6. The average Bonchev–Trinajstić information content (AvgIpc) is 3.11. The Morgan fingerprint density at radius 3 is 2.41 bits per heavy atom. The van der Waals surface area contributed by atoms with E-state index in [1.54, 1.807) is 10.7 Å². The molecule has 3 rings (SSSR count). The molecule has 7 heteroatoms. The number of nitrogens with zero attached hydrogens (tertiary/aromatic N) is 4. The van der Waals surface area contributed by atoms with Gasteiger partial charge in [-0.2, -0.15) is 10.2 Å². The third-order valence-electron chi connectivity index (χ3n) is 4.80. The van der Waals surface area contributed by atoms with E-state index in [1.165, 1.54) is 5.56 Å². The molecule has 0 fully saturated rings. The summed E-state index contributed by atoms with van der Waals surface area (Å²) in [5.74, 6) is -0.183. The Morgan fingerprint density at radius 1 is 1.15 bits per heavy atom. The van der Waals surface area contributed by atoms with E-state index < -0.39 is 0 Å². The van der Waals surface area contributed by atoms with Crippen molar-refractivity contribution >= 4 is 17.5 Å². The second kappa shape index (κ2) is 7.56. The largest absolute Gasteiger partial charge is 0.348 e. The Kier molecular flexibility index (Phi) is 5.37. The molecular weight excluding hydrogens is 362 g/mol. The highest BCUT2D eigenvalue weighted by atomic mass is 35.5. The zero-order valence-electron chi connectivity index (χ0n) is 16.2. The van der Waals surface area contributed by atoms with Gasteiger partial charge in [-0.1, -0.05) is 23.7 Å². The van der Waals surface area contributed by atoms with Crippen molar-refractivity contribution in [3.8, 4) is 11.3 Å². The molecular formula is C20H24ClN5O. The number of hydrogen-bond donors (Lipinski definition) is 1. The number of nitrogens with one attached hydrogen (secondary N) is 1. The molecule has 0 bridgehead atoms. The van der Waals surface area contributed by atoms with Crippen LogP contribution in [0.4, 0.5) is 0 Å². The lowest BCUT2D eigenvalue weighted by Gasteiger charge is -2.13. The van der Waals surface area contributed by atoms with E-state index in [0.29, 0.717) is 10.7 Å². The Bertz CT molecular complexity index is 971. The smallest absolute Gasteiger partial charge is 0.272 e. The Hall–Kier alpha value is -2.60. The molecule has 1 N–H and O–H groups in total. The van der Waals surface area contributed by atoms with Crippen LogP contribution in [0.3, 0.4) is 0 Å². The van der Waals surface area contributed by atoms with Crippen LogP contribution in [0.1, 0.15) is 34.4 Å². The van der Waals surface area contributed by atoms with Crippen molar-refractivity contribution in [1.29, 1.82) is 0 Å². The van der Waals surface area contributed by atoms with Crippen LogP contribution in [0.25, 0.3) is 11.3 Å². The molecule has 0 radical (unpaired) electrons. The van der Waals surface area contributed by atoms with Crippen LogP contribution >= 0.6 is 11.6 Å². The van der Waals surface area contributed by atoms with Gasteiger partial charge >= 0.3 is 0 Å². The summed E-state index contributed by atoms with van der Waals surface area (Å²) in [6.07, 6.45) is 0.730. The van der Waals surface area contributed by atoms with Crippen LogP contribution in [0.2, 0.25) is 5.02 Å². The van der Waals surface area contributed by atoms with Gasteiger partial charge in [0.05, 0.1) is 11.4 Å². The van der Waals surface area contributed by atoms with Gasteiger partial charge in [0, 0.05) is 30.9 Å². The fourth-order valence-corrected chi connectivity index (χ4v) is 3.36. The molecule has 2 aromatic heterocycles. The summed E-state index contributed by atoms with van der Waals surface area (Å²) in [4.78, 5) is 12.6. The lowest BCUT2D eigenvalue weighted by molar-refractivity contribution is 0.0934. The predicted molar refractivity (Wildman–Crippen MR) is 107 cm³/mol. The van der Waals surface area contributed by atoms with Crippen LogP contribution in [-0.4, -0.2) is 31.5 Å². The van der Waals surface area contributed by atoms with Crippen molar-refractivity contribution in [3.63, 3.8) is 0 Å². The average molecular weight is 386 g/mol. The summed E-state index contributed by atoms with van der Waals surface area (Å²) in [5.41, 5.74) is 5.52. The third kappa shape index (κ3) is 4.06. The number of rotatable bonds is 5. The van der Waals surface area contributed by atoms with E-state index >= 15 is 0 Å². The summed E-state index contributed by atoms with van der Waals surface area (Å²) < 4.78 is 3.58. The number of aryl methyl sites for hydroxylation is 3. The number of carbonyl (C=O) groups is 1. The normalized spacial score (nSPS) is 12.2. The molecule has 0 saturated carbocycles. The van der Waals surface area contributed by atoms with Crippen LogP contribution in [0, 0.1) is 13.8 Å². The molecule has 0 aliphatic rings. The first kappa shape index (κ1) is 19.2. The first-order chi connectivity index (χ1) is 12.8. The second-order valence-corrected chi connectivity index (χ2v) is 7.33. The Labute approximate surface area is 164 Å². The molecule has 1 unspecified atom stereocenters. The number of benzene rings is 1. The standard InChI is InChI=1S/C20H24ClN5O/c1-12(10-17-13(2)23-25(4)14(17)3)22-20(27)18-11-19(26(5)24-18)15-6-8-16(21)9-7-15/h6-9,11-12H,10H2,1-5H3,(H,22,27). The van der Waals surface area contributed by atoms with Gasteiger partial charge in [0.25, 0.3) is 5.91 Å². The lowest BCUT2D eigenvalue weighted by Crippen LogP contribution is -2.34. The zero-order valence-corrected chi connectivity index (χ0v) is 17.0. The molecule has 1 atom stereocenters. The number of amides is 1. The van der Waals surface area contributed by atoms with E-state index in [9.17, 15) is 4.79 Å². The SMILES string of the molecule is Cc1nn(C)c(C)c1CC(C)NC(=O)c1cc(-c2ccc(Cl)cc2)n(C)n1. The van der Waals surface area contributed by atoms with Crippen LogP contribution in [-0.2, 0) is 20.5 Å². The molecule has 2 heterocycles. The number of halogens is 1. The van der Waals surface area contributed by atoms with Gasteiger partial charge in [0.1, 0.15) is 0 Å². The van der Waals surface area contributed by atoms with Crippen molar-refractivity contribution in [3.05, 3.63) is 58.0 Å². The van der Waals surface area contributed by atoms with Crippen LogP contribution in [0.5, 0.6) is 0 Å². The van der Waals surface area contributed by atoms with Gasteiger partial charge in [-0.05, 0) is 56.5 Å². The van der Waals surface area contributed by atoms with Gasteiger partial charge in [-0.3, -0.25) is 14.2 Å².